The molecule has 1 N–H and O–H groups in total. The molecule has 1 aromatic heterocycles. The van der Waals surface area contributed by atoms with Crippen molar-refractivity contribution in [3.63, 3.8) is 0 Å². The highest BCUT2D eigenvalue weighted by Crippen LogP contribution is 2.38. The highest BCUT2D eigenvalue weighted by atomic mass is 79.9. The van der Waals surface area contributed by atoms with Gasteiger partial charge in [-0.1, -0.05) is 33.6 Å². The van der Waals surface area contributed by atoms with E-state index in [1.165, 1.54) is 24.5 Å². The molecule has 1 aromatic carbocycles. The first kappa shape index (κ1) is 17.2. The fourth-order valence-corrected chi connectivity index (χ4v) is 2.89. The molecule has 0 saturated carbocycles. The summed E-state index contributed by atoms with van der Waals surface area (Å²) in [7, 11) is 1.67. The summed E-state index contributed by atoms with van der Waals surface area (Å²) >= 11 is 9.15. The van der Waals surface area contributed by atoms with Gasteiger partial charge < -0.3 is 4.57 Å². The van der Waals surface area contributed by atoms with Crippen LogP contribution in [-0.4, -0.2) is 20.9 Å². The Labute approximate surface area is 138 Å². The van der Waals surface area contributed by atoms with Gasteiger partial charge in [0, 0.05) is 16.5 Å². The number of hydrogen-bond donors (Lipinski definition) is 1. The second-order valence-corrected chi connectivity index (χ2v) is 6.15. The lowest BCUT2D eigenvalue weighted by Crippen LogP contribution is -2.36. The third-order valence-electron chi connectivity index (χ3n) is 3.15. The number of aryl methyl sites for hydroxylation is 1. The molecule has 2 atom stereocenters. The molecule has 4 nitrogen and oxygen atoms in total. The molecule has 0 radical (unpaired) electrons. The SMILES string of the molecule is CC(NC(c1ccc(Br)cc1Cl)C(F)(F)F)c1nncn1C. The summed E-state index contributed by atoms with van der Waals surface area (Å²) < 4.78 is 42.4. The number of nitrogens with zero attached hydrogens (tertiary/aromatic N) is 3. The number of nitrogens with one attached hydrogen (secondary N) is 1. The number of aromatic nitrogens is 3. The Morgan fingerprint density at radius 3 is 2.55 bits per heavy atom. The monoisotopic (exact) mass is 396 g/mol. The van der Waals surface area contributed by atoms with E-state index in [4.69, 9.17) is 11.6 Å². The molecule has 0 aliphatic rings. The Morgan fingerprint density at radius 2 is 2.05 bits per heavy atom. The first-order chi connectivity index (χ1) is 10.2. The fraction of sp³-hybridized carbons (Fsp3) is 0.385. The molecule has 1 heterocycles. The molecule has 0 bridgehead atoms. The van der Waals surface area contributed by atoms with Crippen LogP contribution in [0.25, 0.3) is 0 Å². The lowest BCUT2D eigenvalue weighted by Gasteiger charge is -2.26. The van der Waals surface area contributed by atoms with Crippen molar-refractivity contribution in [2.24, 2.45) is 7.05 Å². The van der Waals surface area contributed by atoms with Crippen molar-refractivity contribution in [3.8, 4) is 0 Å². The molecule has 0 fully saturated rings. The number of halogens is 5. The van der Waals surface area contributed by atoms with Gasteiger partial charge in [-0.15, -0.1) is 10.2 Å². The number of hydrogen-bond acceptors (Lipinski definition) is 3. The first-order valence-corrected chi connectivity index (χ1v) is 7.49. The summed E-state index contributed by atoms with van der Waals surface area (Å²) in [5.74, 6) is 0.405. The van der Waals surface area contributed by atoms with Crippen LogP contribution in [0.5, 0.6) is 0 Å². The maximum atomic E-state index is 13.4. The van der Waals surface area contributed by atoms with Crippen LogP contribution in [0.3, 0.4) is 0 Å². The van der Waals surface area contributed by atoms with Crippen LogP contribution in [0.2, 0.25) is 5.02 Å². The highest BCUT2D eigenvalue weighted by Gasteiger charge is 2.42. The van der Waals surface area contributed by atoms with Crippen molar-refractivity contribution < 1.29 is 13.2 Å². The largest absolute Gasteiger partial charge is 0.407 e. The van der Waals surface area contributed by atoms with E-state index in [0.29, 0.717) is 10.3 Å². The minimum Gasteiger partial charge on any atom is -0.319 e. The summed E-state index contributed by atoms with van der Waals surface area (Å²) in [5.41, 5.74) is -0.0358. The minimum atomic E-state index is -4.50. The first-order valence-electron chi connectivity index (χ1n) is 6.31. The zero-order valence-corrected chi connectivity index (χ0v) is 14.0. The highest BCUT2D eigenvalue weighted by molar-refractivity contribution is 9.10. The van der Waals surface area contributed by atoms with Gasteiger partial charge in [-0.05, 0) is 24.6 Å². The van der Waals surface area contributed by atoms with Crippen LogP contribution in [0.4, 0.5) is 13.2 Å². The quantitative estimate of drug-likeness (QED) is 0.841. The summed E-state index contributed by atoms with van der Waals surface area (Å²) in [6.45, 7) is 1.59. The van der Waals surface area contributed by atoms with Crippen LogP contribution in [0, 0.1) is 0 Å². The second kappa shape index (κ2) is 6.55. The third kappa shape index (κ3) is 3.80. The van der Waals surface area contributed by atoms with Gasteiger partial charge >= 0.3 is 6.18 Å². The average Bonchev–Trinajstić information content (AvgIpc) is 2.81. The molecule has 0 aliphatic carbocycles. The maximum absolute atomic E-state index is 13.4. The van der Waals surface area contributed by atoms with E-state index in [0.717, 1.165) is 0 Å². The molecule has 2 rings (SSSR count). The van der Waals surface area contributed by atoms with Gasteiger partial charge in [0.2, 0.25) is 0 Å². The van der Waals surface area contributed by atoms with Gasteiger partial charge in [0.25, 0.3) is 0 Å². The van der Waals surface area contributed by atoms with Gasteiger partial charge in [0.15, 0.2) is 0 Å². The fourth-order valence-electron chi connectivity index (χ4n) is 2.10. The lowest BCUT2D eigenvalue weighted by molar-refractivity contribution is -0.159. The van der Waals surface area contributed by atoms with E-state index >= 15 is 0 Å². The Bertz CT molecular complexity index is 659. The Balaban J connectivity index is 2.33. The molecule has 9 heteroatoms. The summed E-state index contributed by atoms with van der Waals surface area (Å²) in [6, 6.07) is 1.75. The van der Waals surface area contributed by atoms with Crippen LogP contribution in [0.1, 0.15) is 30.4 Å². The van der Waals surface area contributed by atoms with E-state index in [2.05, 4.69) is 31.4 Å². The van der Waals surface area contributed by atoms with Crippen LogP contribution in [-0.2, 0) is 7.05 Å². The summed E-state index contributed by atoms with van der Waals surface area (Å²) in [4.78, 5) is 0. The second-order valence-electron chi connectivity index (χ2n) is 4.83. The zero-order chi connectivity index (χ0) is 16.5. The van der Waals surface area contributed by atoms with Crippen LogP contribution >= 0.6 is 27.5 Å². The van der Waals surface area contributed by atoms with Crippen molar-refractivity contribution in [2.45, 2.75) is 25.2 Å². The van der Waals surface area contributed by atoms with Crippen molar-refractivity contribution >= 4 is 27.5 Å². The summed E-state index contributed by atoms with van der Waals surface area (Å²) in [6.07, 6.45) is -3.06. The smallest absolute Gasteiger partial charge is 0.319 e. The Kier molecular flexibility index (Phi) is 5.14. The molecular formula is C13H13BrClF3N4. The van der Waals surface area contributed by atoms with Gasteiger partial charge in [-0.25, -0.2) is 0 Å². The van der Waals surface area contributed by atoms with Crippen molar-refractivity contribution in [2.75, 3.05) is 0 Å². The minimum absolute atomic E-state index is 0.0358. The molecule has 2 aromatic rings. The number of rotatable bonds is 4. The molecular weight excluding hydrogens is 385 g/mol. The number of benzene rings is 1. The van der Waals surface area contributed by atoms with E-state index in [-0.39, 0.29) is 10.6 Å². The molecule has 2 unspecified atom stereocenters. The molecule has 0 aliphatic heterocycles. The van der Waals surface area contributed by atoms with Crippen molar-refractivity contribution in [3.05, 3.63) is 45.4 Å². The average molecular weight is 398 g/mol. The standard InChI is InChI=1S/C13H13BrClF3N4/c1-7(12-21-19-6-22(12)2)20-11(13(16,17)18)9-4-3-8(14)5-10(9)15/h3-7,11,20H,1-2H3. The predicted molar refractivity (Wildman–Crippen MR) is 80.5 cm³/mol. The number of alkyl halides is 3. The Hall–Kier alpha value is -1.12. The molecule has 0 amide bonds. The third-order valence-corrected chi connectivity index (χ3v) is 3.97. The van der Waals surface area contributed by atoms with E-state index in [9.17, 15) is 13.2 Å². The van der Waals surface area contributed by atoms with E-state index in [1.54, 1.807) is 18.5 Å². The van der Waals surface area contributed by atoms with E-state index in [1.807, 2.05) is 0 Å². The predicted octanol–water partition coefficient (Wildman–Crippen LogP) is 4.19. The van der Waals surface area contributed by atoms with Crippen molar-refractivity contribution in [1.29, 1.82) is 0 Å². The van der Waals surface area contributed by atoms with Crippen LogP contribution in [0.15, 0.2) is 29.0 Å². The van der Waals surface area contributed by atoms with E-state index < -0.39 is 18.3 Å². The maximum Gasteiger partial charge on any atom is 0.407 e. The molecule has 22 heavy (non-hydrogen) atoms. The van der Waals surface area contributed by atoms with Gasteiger partial charge in [-0.2, -0.15) is 13.2 Å². The van der Waals surface area contributed by atoms with Gasteiger partial charge in [-0.3, -0.25) is 5.32 Å². The topological polar surface area (TPSA) is 42.7 Å². The summed E-state index contributed by atoms with van der Waals surface area (Å²) in [5, 5.41) is 10.1. The van der Waals surface area contributed by atoms with Crippen LogP contribution < -0.4 is 5.32 Å². The normalized spacial score (nSPS) is 14.9. The van der Waals surface area contributed by atoms with Gasteiger partial charge in [0.1, 0.15) is 18.2 Å². The van der Waals surface area contributed by atoms with Gasteiger partial charge in [0.05, 0.1) is 6.04 Å². The van der Waals surface area contributed by atoms with Crippen molar-refractivity contribution in [1.82, 2.24) is 20.1 Å². The Morgan fingerprint density at radius 1 is 1.36 bits per heavy atom. The molecule has 0 saturated heterocycles. The lowest BCUT2D eigenvalue weighted by atomic mass is 10.1. The molecule has 120 valence electrons. The molecule has 0 spiro atoms. The zero-order valence-electron chi connectivity index (χ0n) is 11.7.